The molecule has 0 aromatic heterocycles. The van der Waals surface area contributed by atoms with E-state index in [9.17, 15) is 0 Å². The fourth-order valence-corrected chi connectivity index (χ4v) is 3.26. The number of nitrogens with two attached hydrogens (primary N) is 1. The molecule has 4 heteroatoms. The first-order valence-electron chi connectivity index (χ1n) is 6.48. The molecule has 2 nitrogen and oxygen atoms in total. The topological polar surface area (TPSA) is 29.3 Å². The number of hydrogen-bond acceptors (Lipinski definition) is 2. The predicted molar refractivity (Wildman–Crippen MR) is 93.0 cm³/mol. The van der Waals surface area contributed by atoms with Crippen LogP contribution in [-0.2, 0) is 6.54 Å². The molecular weight excluding hydrogens is 380 g/mol. The van der Waals surface area contributed by atoms with E-state index in [1.54, 1.807) is 0 Å². The lowest BCUT2D eigenvalue weighted by atomic mass is 10.1. The van der Waals surface area contributed by atoms with E-state index in [2.05, 4.69) is 80.2 Å². The van der Waals surface area contributed by atoms with E-state index in [0.29, 0.717) is 0 Å². The van der Waals surface area contributed by atoms with Crippen LogP contribution in [0.2, 0.25) is 0 Å². The number of benzene rings is 2. The second-order valence-corrected chi connectivity index (χ2v) is 6.76. The second kappa shape index (κ2) is 6.74. The highest BCUT2D eigenvalue weighted by atomic mass is 79.9. The zero-order valence-electron chi connectivity index (χ0n) is 11.6. The minimum Gasteiger partial charge on any atom is -0.369 e. The van der Waals surface area contributed by atoms with E-state index in [0.717, 1.165) is 26.7 Å². The molecule has 2 rings (SSSR count). The second-order valence-electron chi connectivity index (χ2n) is 4.99. The Hall–Kier alpha value is -0.840. The molecule has 106 valence electrons. The van der Waals surface area contributed by atoms with Gasteiger partial charge in [-0.2, -0.15) is 0 Å². The number of hydrogen-bond donors (Lipinski definition) is 1. The van der Waals surface area contributed by atoms with E-state index in [1.165, 1.54) is 5.56 Å². The quantitative estimate of drug-likeness (QED) is 0.797. The van der Waals surface area contributed by atoms with Crippen LogP contribution in [-0.4, -0.2) is 7.05 Å². The molecular formula is C16H18Br2N2. The highest BCUT2D eigenvalue weighted by molar-refractivity contribution is 9.10. The Morgan fingerprint density at radius 2 is 1.90 bits per heavy atom. The van der Waals surface area contributed by atoms with Crippen LogP contribution in [0.15, 0.2) is 51.4 Å². The van der Waals surface area contributed by atoms with Crippen LogP contribution in [0.4, 0.5) is 5.69 Å². The van der Waals surface area contributed by atoms with Gasteiger partial charge < -0.3 is 10.6 Å². The van der Waals surface area contributed by atoms with Crippen LogP contribution in [0.1, 0.15) is 24.1 Å². The van der Waals surface area contributed by atoms with Crippen LogP contribution < -0.4 is 10.6 Å². The van der Waals surface area contributed by atoms with Crippen LogP contribution in [0.3, 0.4) is 0 Å². The Bertz CT molecular complexity index is 597. The molecule has 2 aromatic carbocycles. The molecule has 0 spiro atoms. The van der Waals surface area contributed by atoms with Crippen molar-refractivity contribution in [2.24, 2.45) is 5.73 Å². The summed E-state index contributed by atoms with van der Waals surface area (Å²) in [7, 11) is 2.09. The monoisotopic (exact) mass is 396 g/mol. The summed E-state index contributed by atoms with van der Waals surface area (Å²) >= 11 is 7.14. The lowest BCUT2D eigenvalue weighted by molar-refractivity contribution is 0.816. The Balaban J connectivity index is 2.19. The predicted octanol–water partition coefficient (Wildman–Crippen LogP) is 4.87. The Labute approximate surface area is 137 Å². The Kier molecular flexibility index (Phi) is 5.24. The summed E-state index contributed by atoms with van der Waals surface area (Å²) in [6, 6.07) is 14.7. The highest BCUT2D eigenvalue weighted by Crippen LogP contribution is 2.29. The standard InChI is InChI=1S/C16H18Br2N2/c1-11(19)13-6-7-16(15(18)9-13)20(2)10-12-4-3-5-14(17)8-12/h3-9,11H,10,19H2,1-2H3/t11-/m0/s1. The van der Waals surface area contributed by atoms with Gasteiger partial charge in [-0.1, -0.05) is 34.1 Å². The Morgan fingerprint density at radius 3 is 2.50 bits per heavy atom. The maximum atomic E-state index is 5.91. The molecule has 0 fully saturated rings. The largest absolute Gasteiger partial charge is 0.369 e. The summed E-state index contributed by atoms with van der Waals surface area (Å²) in [5.41, 5.74) is 9.47. The van der Waals surface area contributed by atoms with Crippen molar-refractivity contribution in [2.75, 3.05) is 11.9 Å². The van der Waals surface area contributed by atoms with Gasteiger partial charge in [0.1, 0.15) is 0 Å². The first-order chi connectivity index (χ1) is 9.47. The molecule has 2 aromatic rings. The van der Waals surface area contributed by atoms with Crippen molar-refractivity contribution >= 4 is 37.5 Å². The molecule has 0 heterocycles. The van der Waals surface area contributed by atoms with E-state index in [4.69, 9.17) is 5.73 Å². The van der Waals surface area contributed by atoms with Crippen molar-refractivity contribution in [3.63, 3.8) is 0 Å². The summed E-state index contributed by atoms with van der Waals surface area (Å²) in [6.45, 7) is 2.85. The number of halogens is 2. The third-order valence-electron chi connectivity index (χ3n) is 3.22. The van der Waals surface area contributed by atoms with Gasteiger partial charge in [0.05, 0.1) is 5.69 Å². The average molecular weight is 398 g/mol. The van der Waals surface area contributed by atoms with Gasteiger partial charge in [-0.05, 0) is 58.2 Å². The van der Waals surface area contributed by atoms with Gasteiger partial charge in [-0.25, -0.2) is 0 Å². The summed E-state index contributed by atoms with van der Waals surface area (Å²) < 4.78 is 2.18. The highest BCUT2D eigenvalue weighted by Gasteiger charge is 2.09. The molecule has 0 amide bonds. The molecule has 0 aliphatic carbocycles. The molecule has 0 saturated carbocycles. The fourth-order valence-electron chi connectivity index (χ4n) is 2.11. The van der Waals surface area contributed by atoms with E-state index in [-0.39, 0.29) is 6.04 Å². The van der Waals surface area contributed by atoms with Crippen molar-refractivity contribution in [1.82, 2.24) is 0 Å². The van der Waals surface area contributed by atoms with Gasteiger partial charge in [-0.15, -0.1) is 0 Å². The first-order valence-corrected chi connectivity index (χ1v) is 8.06. The molecule has 0 unspecified atom stereocenters. The minimum atomic E-state index is 0.0516. The zero-order valence-corrected chi connectivity index (χ0v) is 14.8. The average Bonchev–Trinajstić information content (AvgIpc) is 2.38. The zero-order chi connectivity index (χ0) is 14.7. The normalized spacial score (nSPS) is 12.2. The molecule has 0 saturated heterocycles. The Morgan fingerprint density at radius 1 is 1.15 bits per heavy atom. The molecule has 0 aliphatic heterocycles. The SMILES string of the molecule is C[C@H](N)c1ccc(N(C)Cc2cccc(Br)c2)c(Br)c1. The van der Waals surface area contributed by atoms with Crippen molar-refractivity contribution < 1.29 is 0 Å². The third-order valence-corrected chi connectivity index (χ3v) is 4.35. The summed E-state index contributed by atoms with van der Waals surface area (Å²) in [5.74, 6) is 0. The minimum absolute atomic E-state index is 0.0516. The lowest BCUT2D eigenvalue weighted by Gasteiger charge is -2.22. The van der Waals surface area contributed by atoms with Gasteiger partial charge in [0.25, 0.3) is 0 Å². The van der Waals surface area contributed by atoms with Crippen LogP contribution in [0.25, 0.3) is 0 Å². The van der Waals surface area contributed by atoms with Crippen molar-refractivity contribution in [1.29, 1.82) is 0 Å². The van der Waals surface area contributed by atoms with E-state index < -0.39 is 0 Å². The molecule has 1 atom stereocenters. The van der Waals surface area contributed by atoms with Crippen molar-refractivity contribution in [3.8, 4) is 0 Å². The van der Waals surface area contributed by atoms with Crippen LogP contribution in [0.5, 0.6) is 0 Å². The number of rotatable bonds is 4. The smallest absolute Gasteiger partial charge is 0.0511 e. The molecule has 2 N–H and O–H groups in total. The fraction of sp³-hybridized carbons (Fsp3) is 0.250. The molecule has 0 bridgehead atoms. The van der Waals surface area contributed by atoms with Gasteiger partial charge >= 0.3 is 0 Å². The van der Waals surface area contributed by atoms with Gasteiger partial charge in [0.15, 0.2) is 0 Å². The first kappa shape index (κ1) is 15.5. The molecule has 0 radical (unpaired) electrons. The van der Waals surface area contributed by atoms with Crippen LogP contribution in [0, 0.1) is 0 Å². The van der Waals surface area contributed by atoms with E-state index >= 15 is 0 Å². The van der Waals surface area contributed by atoms with Gasteiger partial charge in [0, 0.05) is 28.6 Å². The van der Waals surface area contributed by atoms with Crippen molar-refractivity contribution in [2.45, 2.75) is 19.5 Å². The van der Waals surface area contributed by atoms with Crippen molar-refractivity contribution in [3.05, 3.63) is 62.5 Å². The van der Waals surface area contributed by atoms with Gasteiger partial charge in [-0.3, -0.25) is 0 Å². The summed E-state index contributed by atoms with van der Waals surface area (Å²) in [4.78, 5) is 2.22. The third kappa shape index (κ3) is 3.84. The molecule has 20 heavy (non-hydrogen) atoms. The lowest BCUT2D eigenvalue weighted by Crippen LogP contribution is -2.17. The molecule has 0 aliphatic rings. The number of nitrogens with zero attached hydrogens (tertiary/aromatic N) is 1. The maximum Gasteiger partial charge on any atom is 0.0511 e. The van der Waals surface area contributed by atoms with Gasteiger partial charge in [0.2, 0.25) is 0 Å². The summed E-state index contributed by atoms with van der Waals surface area (Å²) in [5, 5.41) is 0. The van der Waals surface area contributed by atoms with E-state index in [1.807, 2.05) is 13.0 Å². The number of anilines is 1. The maximum absolute atomic E-state index is 5.91. The van der Waals surface area contributed by atoms with Crippen LogP contribution >= 0.6 is 31.9 Å². The summed E-state index contributed by atoms with van der Waals surface area (Å²) in [6.07, 6.45) is 0.